The second kappa shape index (κ2) is 7.27. The largest absolute Gasteiger partial charge is 0.488 e. The molecule has 1 atom stereocenters. The Morgan fingerprint density at radius 1 is 1.12 bits per heavy atom. The Morgan fingerprint density at radius 2 is 1.92 bits per heavy atom. The molecule has 5 nitrogen and oxygen atoms in total. The van der Waals surface area contributed by atoms with Gasteiger partial charge in [-0.3, -0.25) is 0 Å². The van der Waals surface area contributed by atoms with E-state index in [9.17, 15) is 13.6 Å². The maximum absolute atomic E-state index is 13.5. The van der Waals surface area contributed by atoms with Gasteiger partial charge in [0.1, 0.15) is 11.9 Å². The average Bonchev–Trinajstić information content (AvgIpc) is 3.07. The molecular formula is C17H16F2N2O3. The zero-order valence-electron chi connectivity index (χ0n) is 12.7. The van der Waals surface area contributed by atoms with Gasteiger partial charge in [-0.2, -0.15) is 0 Å². The van der Waals surface area contributed by atoms with E-state index < -0.39 is 17.7 Å². The summed E-state index contributed by atoms with van der Waals surface area (Å²) in [7, 11) is 0. The number of urea groups is 1. The number of ether oxygens (including phenoxy) is 2. The predicted molar refractivity (Wildman–Crippen MR) is 85.3 cm³/mol. The first-order valence-electron chi connectivity index (χ1n) is 7.48. The molecule has 0 unspecified atom stereocenters. The summed E-state index contributed by atoms with van der Waals surface area (Å²) in [4.78, 5) is 11.8. The van der Waals surface area contributed by atoms with Crippen molar-refractivity contribution in [2.75, 3.05) is 23.8 Å². The summed E-state index contributed by atoms with van der Waals surface area (Å²) in [6.45, 7) is 1.27. The first kappa shape index (κ1) is 16.2. The monoisotopic (exact) mass is 334 g/mol. The minimum Gasteiger partial charge on any atom is -0.488 e. The van der Waals surface area contributed by atoms with Crippen LogP contribution in [0.25, 0.3) is 0 Å². The summed E-state index contributed by atoms with van der Waals surface area (Å²) in [5.74, 6) is -1.45. The Balaban J connectivity index is 1.57. The molecule has 2 aromatic rings. The number of rotatable bonds is 4. The van der Waals surface area contributed by atoms with Crippen LogP contribution in [0.3, 0.4) is 0 Å². The van der Waals surface area contributed by atoms with Crippen molar-refractivity contribution >= 4 is 17.4 Å². The predicted octanol–water partition coefficient (Wildman–Crippen LogP) is 3.78. The van der Waals surface area contributed by atoms with Gasteiger partial charge in [0.15, 0.2) is 11.6 Å². The van der Waals surface area contributed by atoms with Crippen LogP contribution in [0.2, 0.25) is 0 Å². The van der Waals surface area contributed by atoms with Crippen molar-refractivity contribution in [3.8, 4) is 5.75 Å². The van der Waals surface area contributed by atoms with Gasteiger partial charge >= 0.3 is 6.03 Å². The molecule has 2 N–H and O–H groups in total. The molecule has 0 radical (unpaired) electrons. The molecule has 24 heavy (non-hydrogen) atoms. The molecule has 7 heteroatoms. The average molecular weight is 334 g/mol. The van der Waals surface area contributed by atoms with Crippen LogP contribution in [-0.2, 0) is 4.74 Å². The highest BCUT2D eigenvalue weighted by atomic mass is 19.2. The van der Waals surface area contributed by atoms with Crippen molar-refractivity contribution in [3.63, 3.8) is 0 Å². The molecule has 0 bridgehead atoms. The van der Waals surface area contributed by atoms with Crippen LogP contribution in [0.15, 0.2) is 42.5 Å². The fraction of sp³-hybridized carbons (Fsp3) is 0.235. The third kappa shape index (κ3) is 3.99. The molecule has 1 heterocycles. The van der Waals surface area contributed by atoms with Crippen molar-refractivity contribution in [3.05, 3.63) is 54.1 Å². The lowest BCUT2D eigenvalue weighted by molar-refractivity contribution is 0.141. The van der Waals surface area contributed by atoms with Crippen LogP contribution < -0.4 is 15.4 Å². The third-order valence-corrected chi connectivity index (χ3v) is 3.50. The van der Waals surface area contributed by atoms with E-state index in [4.69, 9.17) is 9.47 Å². The Morgan fingerprint density at radius 3 is 2.62 bits per heavy atom. The Hall–Kier alpha value is -2.67. The van der Waals surface area contributed by atoms with Gasteiger partial charge < -0.3 is 20.1 Å². The first-order valence-corrected chi connectivity index (χ1v) is 7.48. The summed E-state index contributed by atoms with van der Waals surface area (Å²) in [6.07, 6.45) is 0.893. The van der Waals surface area contributed by atoms with Crippen molar-refractivity contribution in [2.24, 2.45) is 0 Å². The summed E-state index contributed by atoms with van der Waals surface area (Å²) in [5.41, 5.74) is 0.271. The van der Waals surface area contributed by atoms with E-state index in [1.54, 1.807) is 24.3 Å². The van der Waals surface area contributed by atoms with E-state index in [2.05, 4.69) is 10.6 Å². The molecule has 2 aromatic carbocycles. The lowest BCUT2D eigenvalue weighted by Crippen LogP contribution is -2.20. The van der Waals surface area contributed by atoms with Gasteiger partial charge in [0.25, 0.3) is 0 Å². The Labute approximate surface area is 137 Å². The maximum atomic E-state index is 13.5. The molecule has 3 rings (SSSR count). The van der Waals surface area contributed by atoms with Gasteiger partial charge in [-0.05, 0) is 36.4 Å². The lowest BCUT2D eigenvalue weighted by atomic mass is 10.2. The maximum Gasteiger partial charge on any atom is 0.323 e. The summed E-state index contributed by atoms with van der Waals surface area (Å²) < 4.78 is 37.5. The number of nitrogens with one attached hydrogen (secondary N) is 2. The number of amides is 2. The lowest BCUT2D eigenvalue weighted by Gasteiger charge is -2.13. The molecule has 2 amide bonds. The van der Waals surface area contributed by atoms with Crippen LogP contribution in [-0.4, -0.2) is 25.3 Å². The van der Waals surface area contributed by atoms with Crippen LogP contribution in [0.1, 0.15) is 6.42 Å². The molecule has 1 saturated heterocycles. The number of anilines is 2. The summed E-state index contributed by atoms with van der Waals surface area (Å²) in [5, 5.41) is 4.80. The van der Waals surface area contributed by atoms with E-state index in [-0.39, 0.29) is 11.8 Å². The summed E-state index contributed by atoms with van der Waals surface area (Å²) >= 11 is 0. The number of hydrogen-bond acceptors (Lipinski definition) is 3. The minimum absolute atomic E-state index is 0.0445. The van der Waals surface area contributed by atoms with Crippen molar-refractivity contribution in [1.82, 2.24) is 0 Å². The van der Waals surface area contributed by atoms with Crippen LogP contribution in [0.5, 0.6) is 5.75 Å². The molecule has 1 aliphatic heterocycles. The molecule has 1 aliphatic rings. The molecule has 0 aliphatic carbocycles. The minimum atomic E-state index is -1.10. The van der Waals surface area contributed by atoms with Crippen molar-refractivity contribution in [1.29, 1.82) is 0 Å². The van der Waals surface area contributed by atoms with Crippen LogP contribution in [0.4, 0.5) is 25.0 Å². The molecule has 0 aromatic heterocycles. The Kier molecular flexibility index (Phi) is 4.90. The zero-order valence-corrected chi connectivity index (χ0v) is 12.7. The Bertz CT molecular complexity index is 716. The highest BCUT2D eigenvalue weighted by Crippen LogP contribution is 2.20. The normalized spacial score (nSPS) is 16.7. The first-order chi connectivity index (χ1) is 11.6. The van der Waals surface area contributed by atoms with Gasteiger partial charge in [0.05, 0.1) is 18.9 Å². The second-order valence-corrected chi connectivity index (χ2v) is 5.31. The van der Waals surface area contributed by atoms with Crippen molar-refractivity contribution in [2.45, 2.75) is 12.5 Å². The van der Waals surface area contributed by atoms with E-state index >= 15 is 0 Å². The molecular weight excluding hydrogens is 318 g/mol. The number of carbonyl (C=O) groups excluding carboxylic acids is 1. The second-order valence-electron chi connectivity index (χ2n) is 5.31. The van der Waals surface area contributed by atoms with E-state index in [1.807, 2.05) is 0 Å². The SMILES string of the molecule is O=C(Nc1ccc(O[C@H]2CCOC2)cc1)Nc1cccc(F)c1F. The highest BCUT2D eigenvalue weighted by molar-refractivity contribution is 5.99. The van der Waals surface area contributed by atoms with Crippen LogP contribution in [0, 0.1) is 11.6 Å². The van der Waals surface area contributed by atoms with Crippen molar-refractivity contribution < 1.29 is 23.0 Å². The van der Waals surface area contributed by atoms with Gasteiger partial charge in [-0.1, -0.05) is 6.07 Å². The molecule has 0 spiro atoms. The zero-order chi connectivity index (χ0) is 16.9. The van der Waals surface area contributed by atoms with Gasteiger partial charge in [0, 0.05) is 12.1 Å². The topological polar surface area (TPSA) is 59.6 Å². The number of benzene rings is 2. The van der Waals surface area contributed by atoms with Gasteiger partial charge in [-0.25, -0.2) is 13.6 Å². The van der Waals surface area contributed by atoms with Crippen LogP contribution >= 0.6 is 0 Å². The smallest absolute Gasteiger partial charge is 0.323 e. The quantitative estimate of drug-likeness (QED) is 0.895. The molecule has 1 fully saturated rings. The standard InChI is InChI=1S/C17H16F2N2O3/c18-14-2-1-3-15(16(14)19)21-17(22)20-11-4-6-12(7-5-11)24-13-8-9-23-10-13/h1-7,13H,8-10H2,(H2,20,21,22)/t13-/m0/s1. The van der Waals surface area contributed by atoms with E-state index in [0.717, 1.165) is 12.5 Å². The van der Waals surface area contributed by atoms with Gasteiger partial charge in [0.2, 0.25) is 0 Å². The van der Waals surface area contributed by atoms with E-state index in [0.29, 0.717) is 24.7 Å². The van der Waals surface area contributed by atoms with E-state index in [1.165, 1.54) is 12.1 Å². The number of halogens is 2. The number of carbonyl (C=O) groups is 1. The third-order valence-electron chi connectivity index (χ3n) is 3.50. The fourth-order valence-electron chi connectivity index (χ4n) is 2.30. The van der Waals surface area contributed by atoms with Gasteiger partial charge in [-0.15, -0.1) is 0 Å². The highest BCUT2D eigenvalue weighted by Gasteiger charge is 2.17. The molecule has 0 saturated carbocycles. The fourth-order valence-corrected chi connectivity index (χ4v) is 2.30. The molecule has 126 valence electrons. The number of hydrogen-bond donors (Lipinski definition) is 2. The summed E-state index contributed by atoms with van der Waals surface area (Å²) in [6, 6.07) is 9.66.